The van der Waals surface area contributed by atoms with E-state index in [0.717, 1.165) is 0 Å². The van der Waals surface area contributed by atoms with Gasteiger partial charge in [0.05, 0.1) is 0 Å². The molecule has 3 heteroatoms. The zero-order valence-corrected chi connectivity index (χ0v) is 19.7. The van der Waals surface area contributed by atoms with Crippen LogP contribution in [-0.2, 0) is 0 Å². The molecule has 6 aromatic carbocycles. The highest BCUT2D eigenvalue weighted by Gasteiger charge is 2.32. The highest BCUT2D eigenvalue weighted by molar-refractivity contribution is 6.98. The molecule has 0 amide bonds. The number of rotatable bonds is 2. The van der Waals surface area contributed by atoms with E-state index in [9.17, 15) is 0 Å². The minimum atomic E-state index is 0.180. The summed E-state index contributed by atoms with van der Waals surface area (Å²) in [6.45, 7) is 0.180. The third kappa shape index (κ3) is 2.53. The molecule has 2 nitrogen and oxygen atoms in total. The second-order valence-electron chi connectivity index (χ2n) is 9.68. The van der Waals surface area contributed by atoms with Gasteiger partial charge in [0, 0.05) is 49.0 Å². The summed E-state index contributed by atoms with van der Waals surface area (Å²) in [6.07, 6.45) is 0. The van der Waals surface area contributed by atoms with Crippen molar-refractivity contribution in [2.45, 2.75) is 0 Å². The van der Waals surface area contributed by atoms with Gasteiger partial charge in [0.1, 0.15) is 0 Å². The highest BCUT2D eigenvalue weighted by Crippen LogP contribution is 2.43. The molecule has 0 bridgehead atoms. The number of benzene rings is 6. The summed E-state index contributed by atoms with van der Waals surface area (Å²) in [6, 6.07) is 36.1. The maximum atomic E-state index is 2.40. The van der Waals surface area contributed by atoms with Crippen molar-refractivity contribution in [3.63, 3.8) is 0 Å². The summed E-state index contributed by atoms with van der Waals surface area (Å²) >= 11 is 0. The van der Waals surface area contributed by atoms with Gasteiger partial charge in [-0.05, 0) is 45.2 Å². The molecule has 6 aromatic rings. The van der Waals surface area contributed by atoms with Crippen LogP contribution in [0.15, 0.2) is 97.1 Å². The maximum absolute atomic E-state index is 2.40. The predicted octanol–water partition coefficient (Wildman–Crippen LogP) is 5.25. The fourth-order valence-corrected chi connectivity index (χ4v) is 6.14. The smallest absolute Gasteiger partial charge is 0.244 e. The standard InChI is InChI=1S/C31H25BN2/c1-33(2)26-18-15-21-19-28-31-25(17-14-20-13-16-23(26)29(21)30(20)31)32(22-9-5-4-6-10-22)24-11-7-8-12-27(24)34(28)3/h4-19H,1-3H3. The van der Waals surface area contributed by atoms with Crippen LogP contribution in [-0.4, -0.2) is 27.9 Å². The molecule has 0 aromatic heterocycles. The molecule has 34 heavy (non-hydrogen) atoms. The first kappa shape index (κ1) is 19.5. The lowest BCUT2D eigenvalue weighted by Gasteiger charge is -2.25. The average Bonchev–Trinajstić information content (AvgIpc) is 2.98. The van der Waals surface area contributed by atoms with Crippen LogP contribution >= 0.6 is 0 Å². The van der Waals surface area contributed by atoms with Crippen LogP contribution in [0.1, 0.15) is 0 Å². The first-order valence-corrected chi connectivity index (χ1v) is 11.9. The Balaban J connectivity index is 1.71. The van der Waals surface area contributed by atoms with Gasteiger partial charge in [-0.2, -0.15) is 0 Å². The topological polar surface area (TPSA) is 6.48 Å². The summed E-state index contributed by atoms with van der Waals surface area (Å²) in [7, 11) is 6.49. The fraction of sp³-hybridized carbons (Fsp3) is 0.0968. The van der Waals surface area contributed by atoms with Crippen molar-refractivity contribution in [3.05, 3.63) is 97.1 Å². The minimum absolute atomic E-state index is 0.180. The quantitative estimate of drug-likeness (QED) is 0.270. The van der Waals surface area contributed by atoms with Crippen LogP contribution in [0, 0.1) is 0 Å². The van der Waals surface area contributed by atoms with Gasteiger partial charge in [0.2, 0.25) is 6.71 Å². The molecular weight excluding hydrogens is 411 g/mol. The summed E-state index contributed by atoms with van der Waals surface area (Å²) in [5.74, 6) is 0. The van der Waals surface area contributed by atoms with Crippen molar-refractivity contribution < 1.29 is 0 Å². The van der Waals surface area contributed by atoms with E-state index in [1.54, 1.807) is 0 Å². The summed E-state index contributed by atoms with van der Waals surface area (Å²) < 4.78 is 0. The zero-order chi connectivity index (χ0) is 23.0. The largest absolute Gasteiger partial charge is 0.377 e. The minimum Gasteiger partial charge on any atom is -0.377 e. The Kier molecular flexibility index (Phi) is 4.02. The van der Waals surface area contributed by atoms with Gasteiger partial charge in [0.25, 0.3) is 0 Å². The van der Waals surface area contributed by atoms with Crippen molar-refractivity contribution in [3.8, 4) is 0 Å². The van der Waals surface area contributed by atoms with Gasteiger partial charge < -0.3 is 9.80 Å². The Bertz CT molecular complexity index is 1700. The van der Waals surface area contributed by atoms with E-state index in [2.05, 4.69) is 128 Å². The van der Waals surface area contributed by atoms with Gasteiger partial charge in [-0.1, -0.05) is 89.8 Å². The van der Waals surface area contributed by atoms with E-state index in [1.807, 2.05) is 0 Å². The number of para-hydroxylation sites is 1. The first-order valence-electron chi connectivity index (χ1n) is 11.9. The van der Waals surface area contributed by atoms with Gasteiger partial charge >= 0.3 is 0 Å². The van der Waals surface area contributed by atoms with Crippen LogP contribution < -0.4 is 26.2 Å². The molecule has 0 spiro atoms. The maximum Gasteiger partial charge on any atom is 0.244 e. The molecule has 0 aliphatic carbocycles. The molecule has 0 saturated carbocycles. The Morgan fingerprint density at radius 3 is 2.18 bits per heavy atom. The zero-order valence-electron chi connectivity index (χ0n) is 19.7. The predicted molar refractivity (Wildman–Crippen MR) is 150 cm³/mol. The molecule has 0 N–H and O–H groups in total. The lowest BCUT2D eigenvalue weighted by molar-refractivity contribution is 1.14. The lowest BCUT2D eigenvalue weighted by atomic mass is 9.36. The molecule has 0 unspecified atom stereocenters. The van der Waals surface area contributed by atoms with Crippen molar-refractivity contribution in [2.75, 3.05) is 30.9 Å². The molecule has 1 aliphatic heterocycles. The van der Waals surface area contributed by atoms with E-state index in [-0.39, 0.29) is 6.71 Å². The lowest BCUT2D eigenvalue weighted by Crippen LogP contribution is -2.52. The highest BCUT2D eigenvalue weighted by atomic mass is 15.1. The Morgan fingerprint density at radius 2 is 1.35 bits per heavy atom. The Labute approximate surface area is 200 Å². The van der Waals surface area contributed by atoms with Crippen LogP contribution in [0.25, 0.3) is 32.3 Å². The van der Waals surface area contributed by atoms with Crippen LogP contribution in [0.5, 0.6) is 0 Å². The van der Waals surface area contributed by atoms with E-state index in [1.165, 1.54) is 65.8 Å². The van der Waals surface area contributed by atoms with E-state index in [0.29, 0.717) is 0 Å². The van der Waals surface area contributed by atoms with Gasteiger partial charge in [-0.15, -0.1) is 0 Å². The summed E-state index contributed by atoms with van der Waals surface area (Å²) in [5.41, 5.74) is 7.89. The number of hydrogen-bond donors (Lipinski definition) is 0. The number of anilines is 3. The third-order valence-electron chi connectivity index (χ3n) is 7.65. The third-order valence-corrected chi connectivity index (χ3v) is 7.65. The number of nitrogens with zero attached hydrogens (tertiary/aromatic N) is 2. The SMILES string of the molecule is CN(C)c1ccc2cc3c4c(ccc5ccc1c2c54)B(c1ccccc1)c1ccccc1N3C. The van der Waals surface area contributed by atoms with Gasteiger partial charge in [-0.25, -0.2) is 0 Å². The van der Waals surface area contributed by atoms with Crippen LogP contribution in [0.2, 0.25) is 0 Å². The van der Waals surface area contributed by atoms with Crippen molar-refractivity contribution >= 4 is 72.5 Å². The normalized spacial score (nSPS) is 13.0. The molecule has 0 radical (unpaired) electrons. The molecule has 7 rings (SSSR count). The molecule has 0 fully saturated rings. The van der Waals surface area contributed by atoms with Gasteiger partial charge in [-0.3, -0.25) is 0 Å². The second-order valence-corrected chi connectivity index (χ2v) is 9.68. The summed E-state index contributed by atoms with van der Waals surface area (Å²) in [5, 5.41) is 8.05. The Morgan fingerprint density at radius 1 is 0.618 bits per heavy atom. The Hall–Kier alpha value is -3.98. The van der Waals surface area contributed by atoms with Crippen LogP contribution in [0.4, 0.5) is 17.1 Å². The van der Waals surface area contributed by atoms with Crippen molar-refractivity contribution in [1.82, 2.24) is 0 Å². The van der Waals surface area contributed by atoms with Crippen molar-refractivity contribution in [1.29, 1.82) is 0 Å². The van der Waals surface area contributed by atoms with E-state index < -0.39 is 0 Å². The van der Waals surface area contributed by atoms with E-state index >= 15 is 0 Å². The van der Waals surface area contributed by atoms with Crippen molar-refractivity contribution in [2.24, 2.45) is 0 Å². The number of fused-ring (bicyclic) bond motifs is 1. The summed E-state index contributed by atoms with van der Waals surface area (Å²) in [4.78, 5) is 4.62. The molecule has 1 aliphatic rings. The van der Waals surface area contributed by atoms with Crippen LogP contribution in [0.3, 0.4) is 0 Å². The number of hydrogen-bond acceptors (Lipinski definition) is 2. The van der Waals surface area contributed by atoms with Gasteiger partial charge in [0.15, 0.2) is 0 Å². The van der Waals surface area contributed by atoms with E-state index in [4.69, 9.17) is 0 Å². The fourth-order valence-electron chi connectivity index (χ4n) is 6.14. The monoisotopic (exact) mass is 436 g/mol. The molecule has 1 heterocycles. The first-order chi connectivity index (χ1) is 16.6. The molecular formula is C31H25BN2. The average molecular weight is 436 g/mol. The molecule has 162 valence electrons. The molecule has 0 saturated heterocycles. The molecule has 0 atom stereocenters. The second kappa shape index (κ2) is 7.01.